The number of carbonyl (C=O) groups is 4. The number of hydrogen-bond acceptors (Lipinski definition) is 15. The second kappa shape index (κ2) is 65.0. The molecule has 19 heteroatoms. The Kier molecular flexibility index (Phi) is 63.7. The first kappa shape index (κ1) is 90.1. The Morgan fingerprint density at radius 2 is 0.500 bits per heavy atom. The molecule has 546 valence electrons. The van der Waals surface area contributed by atoms with Crippen molar-refractivity contribution >= 4 is 39.5 Å². The molecule has 0 saturated carbocycles. The van der Waals surface area contributed by atoms with Crippen LogP contribution in [0, 0.1) is 11.8 Å². The molecule has 17 nitrogen and oxygen atoms in total. The third-order valence-corrected chi connectivity index (χ3v) is 18.9. The van der Waals surface area contributed by atoms with Crippen LogP contribution >= 0.6 is 15.6 Å². The monoisotopic (exact) mass is 1350 g/mol. The second-order valence-corrected chi connectivity index (χ2v) is 30.2. The van der Waals surface area contributed by atoms with Crippen molar-refractivity contribution in [2.75, 3.05) is 39.6 Å². The lowest BCUT2D eigenvalue weighted by molar-refractivity contribution is -0.161. The average molecular weight is 1350 g/mol. The number of phosphoric acid groups is 2. The van der Waals surface area contributed by atoms with E-state index in [9.17, 15) is 43.2 Å². The summed E-state index contributed by atoms with van der Waals surface area (Å²) in [7, 11) is -9.90. The standard InChI is InChI=1S/C73H142O17P2/c1-7-9-11-13-15-17-18-20-26-33-39-45-51-57-72(77)89-68(61-83-70(75)55-49-43-37-29-16-14-12-10-8-2)63-87-91(79,80)85-59-67(74)60-86-92(81,82)88-64-69(62-84-71(76)56-50-44-38-32-28-23-25-31-36-42-48-54-66(5)6)90-73(78)58-52-46-40-34-27-22-19-21-24-30-35-41-47-53-65(3)4/h65-69,74H,7-64H2,1-6H3,(H,79,80)(H,81,82)/t67-,68+,69+/m0/s1. The van der Waals surface area contributed by atoms with Crippen LogP contribution in [0.5, 0.6) is 0 Å². The summed E-state index contributed by atoms with van der Waals surface area (Å²) in [5, 5.41) is 10.6. The van der Waals surface area contributed by atoms with E-state index >= 15 is 0 Å². The zero-order valence-electron chi connectivity index (χ0n) is 59.9. The average Bonchev–Trinajstić information content (AvgIpc) is 2.67. The van der Waals surface area contributed by atoms with Gasteiger partial charge in [0, 0.05) is 25.7 Å². The first-order valence-electron chi connectivity index (χ1n) is 38.0. The van der Waals surface area contributed by atoms with Crippen molar-refractivity contribution in [2.24, 2.45) is 11.8 Å². The van der Waals surface area contributed by atoms with E-state index in [-0.39, 0.29) is 25.7 Å². The number of ether oxygens (including phenoxy) is 4. The van der Waals surface area contributed by atoms with E-state index in [2.05, 4.69) is 41.5 Å². The fourth-order valence-electron chi connectivity index (χ4n) is 11.1. The molecule has 0 aliphatic carbocycles. The first-order valence-corrected chi connectivity index (χ1v) is 41.0. The lowest BCUT2D eigenvalue weighted by Gasteiger charge is -2.21. The molecule has 0 spiro atoms. The van der Waals surface area contributed by atoms with Crippen LogP contribution in [0.1, 0.15) is 375 Å². The van der Waals surface area contributed by atoms with Crippen LogP contribution in [-0.2, 0) is 65.4 Å². The number of phosphoric ester groups is 2. The summed E-state index contributed by atoms with van der Waals surface area (Å²) in [4.78, 5) is 72.6. The molecule has 0 amide bonds. The van der Waals surface area contributed by atoms with Crippen LogP contribution in [0.25, 0.3) is 0 Å². The van der Waals surface area contributed by atoms with Gasteiger partial charge in [0.15, 0.2) is 12.2 Å². The topological polar surface area (TPSA) is 237 Å². The maximum Gasteiger partial charge on any atom is 0.472 e. The molecular formula is C73H142O17P2. The van der Waals surface area contributed by atoms with Crippen molar-refractivity contribution in [3.8, 4) is 0 Å². The Hall–Kier alpha value is -1.94. The van der Waals surface area contributed by atoms with Gasteiger partial charge in [0.25, 0.3) is 0 Å². The Labute approximate surface area is 562 Å². The number of aliphatic hydroxyl groups is 1. The van der Waals surface area contributed by atoms with Crippen molar-refractivity contribution in [1.29, 1.82) is 0 Å². The molecule has 0 bridgehead atoms. The highest BCUT2D eigenvalue weighted by Gasteiger charge is 2.30. The third kappa shape index (κ3) is 66.7. The maximum absolute atomic E-state index is 13.1. The predicted octanol–water partition coefficient (Wildman–Crippen LogP) is 21.2. The summed E-state index contributed by atoms with van der Waals surface area (Å²) in [6, 6.07) is 0. The van der Waals surface area contributed by atoms with Crippen LogP contribution in [0.3, 0.4) is 0 Å². The molecule has 0 aliphatic rings. The van der Waals surface area contributed by atoms with Crippen molar-refractivity contribution in [3.63, 3.8) is 0 Å². The Bertz CT molecular complexity index is 1790. The lowest BCUT2D eigenvalue weighted by Crippen LogP contribution is -2.30. The van der Waals surface area contributed by atoms with Gasteiger partial charge in [-0.15, -0.1) is 0 Å². The second-order valence-electron chi connectivity index (χ2n) is 27.3. The summed E-state index contributed by atoms with van der Waals surface area (Å²) in [6.45, 7) is 9.58. The Morgan fingerprint density at radius 1 is 0.293 bits per heavy atom. The van der Waals surface area contributed by atoms with Gasteiger partial charge in [-0.2, -0.15) is 0 Å². The minimum absolute atomic E-state index is 0.107. The van der Waals surface area contributed by atoms with Gasteiger partial charge in [-0.05, 0) is 37.5 Å². The number of aliphatic hydroxyl groups excluding tert-OH is 1. The predicted molar refractivity (Wildman–Crippen MR) is 372 cm³/mol. The molecule has 0 radical (unpaired) electrons. The number of unbranched alkanes of at least 4 members (excludes halogenated alkanes) is 42. The number of hydrogen-bond donors (Lipinski definition) is 3. The summed E-state index contributed by atoms with van der Waals surface area (Å²) in [5.74, 6) is -0.561. The molecule has 3 N–H and O–H groups in total. The summed E-state index contributed by atoms with van der Waals surface area (Å²) in [5.41, 5.74) is 0. The number of rotatable bonds is 72. The number of esters is 4. The van der Waals surface area contributed by atoms with E-state index in [1.165, 1.54) is 193 Å². The van der Waals surface area contributed by atoms with Gasteiger partial charge in [0.2, 0.25) is 0 Å². The van der Waals surface area contributed by atoms with Gasteiger partial charge < -0.3 is 33.8 Å². The van der Waals surface area contributed by atoms with Crippen molar-refractivity contribution in [1.82, 2.24) is 0 Å². The van der Waals surface area contributed by atoms with E-state index in [1.54, 1.807) is 0 Å². The van der Waals surface area contributed by atoms with Gasteiger partial charge in [-0.3, -0.25) is 37.3 Å². The van der Waals surface area contributed by atoms with E-state index in [4.69, 9.17) is 37.0 Å². The van der Waals surface area contributed by atoms with Gasteiger partial charge in [0.1, 0.15) is 19.3 Å². The van der Waals surface area contributed by atoms with Gasteiger partial charge in [-0.1, -0.05) is 324 Å². The highest BCUT2D eigenvalue weighted by molar-refractivity contribution is 7.47. The van der Waals surface area contributed by atoms with Crippen LogP contribution in [0.2, 0.25) is 0 Å². The maximum atomic E-state index is 13.1. The van der Waals surface area contributed by atoms with Crippen molar-refractivity contribution in [3.05, 3.63) is 0 Å². The minimum atomic E-state index is -4.95. The fraction of sp³-hybridized carbons (Fsp3) is 0.945. The van der Waals surface area contributed by atoms with Crippen molar-refractivity contribution in [2.45, 2.75) is 394 Å². The zero-order valence-corrected chi connectivity index (χ0v) is 61.6. The zero-order chi connectivity index (χ0) is 67.9. The molecule has 92 heavy (non-hydrogen) atoms. The highest BCUT2D eigenvalue weighted by atomic mass is 31.2. The lowest BCUT2D eigenvalue weighted by atomic mass is 10.0. The van der Waals surface area contributed by atoms with Gasteiger partial charge >= 0.3 is 39.5 Å². The summed E-state index contributed by atoms with van der Waals surface area (Å²) < 4.78 is 68.4. The quantitative estimate of drug-likeness (QED) is 0.0222. The largest absolute Gasteiger partial charge is 0.472 e. The third-order valence-electron chi connectivity index (χ3n) is 17.0. The van der Waals surface area contributed by atoms with Crippen molar-refractivity contribution < 1.29 is 80.2 Å². The molecule has 0 aromatic heterocycles. The smallest absolute Gasteiger partial charge is 0.462 e. The van der Waals surface area contributed by atoms with E-state index in [1.807, 2.05) is 0 Å². The normalized spacial score (nSPS) is 14.1. The molecule has 0 aromatic carbocycles. The van der Waals surface area contributed by atoms with Crippen LogP contribution < -0.4 is 0 Å². The molecule has 0 rings (SSSR count). The first-order chi connectivity index (χ1) is 44.4. The molecule has 0 heterocycles. The molecule has 0 saturated heterocycles. The molecule has 0 fully saturated rings. The molecule has 0 aliphatic heterocycles. The van der Waals surface area contributed by atoms with Gasteiger partial charge in [0.05, 0.1) is 26.4 Å². The minimum Gasteiger partial charge on any atom is -0.462 e. The van der Waals surface area contributed by atoms with Crippen LogP contribution in [0.15, 0.2) is 0 Å². The Balaban J connectivity index is 5.24. The fourth-order valence-corrected chi connectivity index (χ4v) is 12.7. The summed E-state index contributed by atoms with van der Waals surface area (Å²) >= 11 is 0. The van der Waals surface area contributed by atoms with E-state index < -0.39 is 97.5 Å². The molecule has 5 atom stereocenters. The summed E-state index contributed by atoms with van der Waals surface area (Å²) in [6.07, 6.45) is 51.2. The molecular weight excluding hydrogens is 1210 g/mol. The molecule has 2 unspecified atom stereocenters. The highest BCUT2D eigenvalue weighted by Crippen LogP contribution is 2.45. The van der Waals surface area contributed by atoms with E-state index in [0.717, 1.165) is 102 Å². The molecule has 0 aromatic rings. The number of carbonyl (C=O) groups excluding carboxylic acids is 4. The van der Waals surface area contributed by atoms with Gasteiger partial charge in [-0.25, -0.2) is 9.13 Å². The van der Waals surface area contributed by atoms with E-state index in [0.29, 0.717) is 25.7 Å². The SMILES string of the molecule is CCCCCCCCCCCCCCCC(=O)O[C@H](COC(=O)CCCCCCCCCCC)COP(=O)(O)OC[C@H](O)COP(=O)(O)OC[C@@H](COC(=O)CCCCCCCCCCCCCC(C)C)OC(=O)CCCCCCCCCCCCCCCC(C)C. The van der Waals surface area contributed by atoms with Crippen LogP contribution in [-0.4, -0.2) is 96.7 Å². The Morgan fingerprint density at radius 3 is 0.739 bits per heavy atom. The van der Waals surface area contributed by atoms with Crippen LogP contribution in [0.4, 0.5) is 0 Å².